The molecule has 4 aromatic rings. The summed E-state index contributed by atoms with van der Waals surface area (Å²) < 4.78 is 73.9. The topological polar surface area (TPSA) is 110 Å². The zero-order chi connectivity index (χ0) is 27.4. The van der Waals surface area contributed by atoms with Gasteiger partial charge in [-0.3, -0.25) is 15.1 Å². The highest BCUT2D eigenvalue weighted by atomic mass is 19.4. The third-order valence-corrected chi connectivity index (χ3v) is 4.93. The molecule has 0 aliphatic carbocycles. The van der Waals surface area contributed by atoms with Gasteiger partial charge < -0.3 is 15.4 Å². The van der Waals surface area contributed by atoms with Crippen LogP contribution in [0.3, 0.4) is 0 Å². The van der Waals surface area contributed by atoms with Crippen molar-refractivity contribution in [2.75, 3.05) is 17.7 Å². The summed E-state index contributed by atoms with van der Waals surface area (Å²) in [6, 6.07) is 10.1. The number of ether oxygens (including phenoxy) is 1. The number of hydrogen-bond acceptors (Lipinski definition) is 5. The molecule has 0 aliphatic heterocycles. The molecule has 9 nitrogen and oxygen atoms in total. The molecule has 0 saturated heterocycles. The van der Waals surface area contributed by atoms with Crippen molar-refractivity contribution >= 4 is 23.4 Å². The lowest BCUT2D eigenvalue weighted by Crippen LogP contribution is -2.22. The quantitative estimate of drug-likeness (QED) is 0.290. The molecule has 0 radical (unpaired) electrons. The molecule has 0 spiro atoms. The van der Waals surface area contributed by atoms with E-state index < -0.39 is 41.3 Å². The Hall–Kier alpha value is -5.01. The summed E-state index contributed by atoms with van der Waals surface area (Å²) in [6.07, 6.45) is -3.49. The number of anilines is 2. The normalized spacial score (nSPS) is 11.1. The van der Waals surface area contributed by atoms with Crippen LogP contribution >= 0.6 is 0 Å². The van der Waals surface area contributed by atoms with Gasteiger partial charge in [0.1, 0.15) is 34.6 Å². The minimum absolute atomic E-state index is 0.0340. The second-order valence-corrected chi connectivity index (χ2v) is 7.58. The van der Waals surface area contributed by atoms with Crippen molar-refractivity contribution in [1.82, 2.24) is 20.1 Å². The van der Waals surface area contributed by atoms with Crippen molar-refractivity contribution in [1.29, 1.82) is 0 Å². The van der Waals surface area contributed by atoms with E-state index in [1.165, 1.54) is 49.6 Å². The van der Waals surface area contributed by atoms with Gasteiger partial charge in [0.2, 0.25) is 0 Å². The highest BCUT2D eigenvalue weighted by molar-refractivity contribution is 5.99. The Bertz CT molecular complexity index is 1490. The minimum atomic E-state index is -4.82. The van der Waals surface area contributed by atoms with Crippen LogP contribution in [0, 0.1) is 11.6 Å². The monoisotopic (exact) mass is 532 g/mol. The van der Waals surface area contributed by atoms with Crippen molar-refractivity contribution in [2.24, 2.45) is 0 Å². The molecule has 0 bridgehead atoms. The van der Waals surface area contributed by atoms with Crippen LogP contribution in [0.25, 0.3) is 5.69 Å². The highest BCUT2D eigenvalue weighted by Crippen LogP contribution is 2.32. The Kier molecular flexibility index (Phi) is 7.23. The first-order valence-electron chi connectivity index (χ1n) is 10.7. The van der Waals surface area contributed by atoms with Crippen molar-refractivity contribution in [2.45, 2.75) is 6.18 Å². The summed E-state index contributed by atoms with van der Waals surface area (Å²) in [4.78, 5) is 28.1. The van der Waals surface area contributed by atoms with E-state index in [9.17, 15) is 31.5 Å². The molecule has 4 rings (SSSR count). The SMILES string of the molecule is CNC(=O)c1cc(Oc2ccc(NC(=O)Nc3cc(C(F)(F)F)nn3-c3ccc(F)cc3)c(F)c2)ccn1. The first-order valence-corrected chi connectivity index (χ1v) is 10.7. The molecule has 2 aromatic carbocycles. The number of alkyl halides is 3. The number of halogens is 5. The Morgan fingerprint density at radius 2 is 1.63 bits per heavy atom. The number of carbonyl (C=O) groups excluding carboxylic acids is 2. The minimum Gasteiger partial charge on any atom is -0.457 e. The lowest BCUT2D eigenvalue weighted by atomic mass is 10.2. The number of benzene rings is 2. The number of rotatable bonds is 6. The maximum absolute atomic E-state index is 14.7. The van der Waals surface area contributed by atoms with Crippen LogP contribution < -0.4 is 20.7 Å². The van der Waals surface area contributed by atoms with E-state index in [1.54, 1.807) is 0 Å². The van der Waals surface area contributed by atoms with Crippen LogP contribution in [0.5, 0.6) is 11.5 Å². The van der Waals surface area contributed by atoms with E-state index in [2.05, 4.69) is 26.0 Å². The Labute approximate surface area is 211 Å². The predicted octanol–water partition coefficient (Wildman–Crippen LogP) is 5.36. The van der Waals surface area contributed by atoms with Crippen molar-refractivity contribution in [3.05, 3.63) is 89.9 Å². The van der Waals surface area contributed by atoms with Crippen LogP contribution in [-0.4, -0.2) is 33.8 Å². The lowest BCUT2D eigenvalue weighted by molar-refractivity contribution is -0.141. The van der Waals surface area contributed by atoms with Crippen molar-refractivity contribution < 1.29 is 36.3 Å². The average Bonchev–Trinajstić information content (AvgIpc) is 3.30. The molecular formula is C24H17F5N6O3. The number of urea groups is 1. The third-order valence-electron chi connectivity index (χ3n) is 4.93. The van der Waals surface area contributed by atoms with Crippen LogP contribution in [0.1, 0.15) is 16.2 Å². The zero-order valence-corrected chi connectivity index (χ0v) is 19.3. The van der Waals surface area contributed by atoms with Crippen LogP contribution in [0.4, 0.5) is 38.3 Å². The second kappa shape index (κ2) is 10.5. The second-order valence-electron chi connectivity index (χ2n) is 7.58. The number of carbonyl (C=O) groups is 2. The van der Waals surface area contributed by atoms with E-state index in [-0.39, 0.29) is 28.6 Å². The molecule has 0 atom stereocenters. The van der Waals surface area contributed by atoms with E-state index >= 15 is 0 Å². The summed E-state index contributed by atoms with van der Waals surface area (Å²) >= 11 is 0. The number of nitrogens with one attached hydrogen (secondary N) is 3. The molecule has 2 aromatic heterocycles. The molecule has 14 heteroatoms. The van der Waals surface area contributed by atoms with Crippen LogP contribution in [0.15, 0.2) is 66.9 Å². The smallest absolute Gasteiger partial charge is 0.435 e. The molecule has 3 amide bonds. The molecular weight excluding hydrogens is 515 g/mol. The van der Waals surface area contributed by atoms with Gasteiger partial charge in [-0.2, -0.15) is 18.3 Å². The maximum Gasteiger partial charge on any atom is 0.435 e. The molecule has 0 saturated carbocycles. The Balaban J connectivity index is 1.50. The van der Waals surface area contributed by atoms with E-state index in [4.69, 9.17) is 4.74 Å². The third kappa shape index (κ3) is 6.03. The average molecular weight is 532 g/mol. The molecule has 0 fully saturated rings. The van der Waals surface area contributed by atoms with Crippen molar-refractivity contribution in [3.63, 3.8) is 0 Å². The van der Waals surface area contributed by atoms with Gasteiger partial charge in [0, 0.05) is 31.4 Å². The Morgan fingerprint density at radius 3 is 2.29 bits per heavy atom. The lowest BCUT2D eigenvalue weighted by Gasteiger charge is -2.12. The zero-order valence-electron chi connectivity index (χ0n) is 19.3. The van der Waals surface area contributed by atoms with Gasteiger partial charge in [-0.15, -0.1) is 0 Å². The van der Waals surface area contributed by atoms with E-state index in [0.717, 1.165) is 22.9 Å². The summed E-state index contributed by atoms with van der Waals surface area (Å²) in [7, 11) is 1.43. The molecule has 3 N–H and O–H groups in total. The van der Waals surface area contributed by atoms with Gasteiger partial charge in [0.25, 0.3) is 5.91 Å². The van der Waals surface area contributed by atoms with Gasteiger partial charge in [-0.25, -0.2) is 18.3 Å². The Morgan fingerprint density at radius 1 is 0.921 bits per heavy atom. The standard InChI is InChI=1S/C24H17F5N6O3/c1-30-22(36)19-11-16(8-9-31-19)38-15-6-7-18(17(26)10-15)32-23(37)33-21-12-20(24(27,28)29)34-35(21)14-4-2-13(25)3-5-14/h2-12H,1H3,(H,30,36)(H2,32,33,37). The van der Waals surface area contributed by atoms with Gasteiger partial charge in [-0.1, -0.05) is 0 Å². The molecule has 196 valence electrons. The molecule has 0 aliphatic rings. The summed E-state index contributed by atoms with van der Waals surface area (Å²) in [6.45, 7) is 0. The number of hydrogen-bond donors (Lipinski definition) is 3. The molecule has 2 heterocycles. The van der Waals surface area contributed by atoms with Crippen molar-refractivity contribution in [3.8, 4) is 17.2 Å². The highest BCUT2D eigenvalue weighted by Gasteiger charge is 2.35. The van der Waals surface area contributed by atoms with Crippen LogP contribution in [-0.2, 0) is 6.18 Å². The fourth-order valence-electron chi connectivity index (χ4n) is 3.18. The van der Waals surface area contributed by atoms with Gasteiger partial charge >= 0.3 is 12.2 Å². The van der Waals surface area contributed by atoms with Gasteiger partial charge in [0.05, 0.1) is 11.4 Å². The first-order chi connectivity index (χ1) is 18.0. The van der Waals surface area contributed by atoms with E-state index in [0.29, 0.717) is 6.07 Å². The summed E-state index contributed by atoms with van der Waals surface area (Å²) in [5.74, 6) is -2.15. The fraction of sp³-hybridized carbons (Fsp3) is 0.0833. The number of pyridine rings is 1. The number of nitrogens with zero attached hydrogens (tertiary/aromatic N) is 3. The van der Waals surface area contributed by atoms with Gasteiger partial charge in [0.15, 0.2) is 5.69 Å². The number of amides is 3. The van der Waals surface area contributed by atoms with Gasteiger partial charge in [-0.05, 0) is 42.5 Å². The molecule has 38 heavy (non-hydrogen) atoms. The predicted molar refractivity (Wildman–Crippen MR) is 125 cm³/mol. The number of aromatic nitrogens is 3. The summed E-state index contributed by atoms with van der Waals surface area (Å²) in [5, 5.41) is 10.2. The van der Waals surface area contributed by atoms with Crippen LogP contribution in [0.2, 0.25) is 0 Å². The van der Waals surface area contributed by atoms with E-state index in [1.807, 2.05) is 0 Å². The maximum atomic E-state index is 14.7. The fourth-order valence-corrected chi connectivity index (χ4v) is 3.18. The largest absolute Gasteiger partial charge is 0.457 e. The first kappa shape index (κ1) is 26.1. The molecule has 0 unspecified atom stereocenters. The summed E-state index contributed by atoms with van der Waals surface area (Å²) in [5.41, 5.74) is -1.49.